The molecule has 8 heteroatoms. The van der Waals surface area contributed by atoms with E-state index in [-0.39, 0.29) is 24.6 Å². The summed E-state index contributed by atoms with van der Waals surface area (Å²) >= 11 is 0. The SMILES string of the molecule is CC(=O)NCCN(C(=O)c1ccc(Oc2ccccc2)nc1)C(C)C(=O)O. The third-order valence-electron chi connectivity index (χ3n) is 3.76. The molecule has 142 valence electrons. The summed E-state index contributed by atoms with van der Waals surface area (Å²) in [6.45, 7) is 2.98. The summed E-state index contributed by atoms with van der Waals surface area (Å²) in [5, 5.41) is 11.8. The zero-order chi connectivity index (χ0) is 19.8. The molecule has 0 saturated carbocycles. The molecule has 0 aliphatic heterocycles. The predicted molar refractivity (Wildman–Crippen MR) is 97.6 cm³/mol. The fourth-order valence-corrected chi connectivity index (χ4v) is 2.30. The van der Waals surface area contributed by atoms with Crippen LogP contribution in [0.3, 0.4) is 0 Å². The fraction of sp³-hybridized carbons (Fsp3) is 0.263. The van der Waals surface area contributed by atoms with Crippen molar-refractivity contribution in [1.82, 2.24) is 15.2 Å². The molecule has 0 aliphatic carbocycles. The average molecular weight is 371 g/mol. The highest BCUT2D eigenvalue weighted by atomic mass is 16.5. The first-order valence-electron chi connectivity index (χ1n) is 8.35. The van der Waals surface area contributed by atoms with Gasteiger partial charge in [0, 0.05) is 32.3 Å². The Labute approximate surface area is 156 Å². The van der Waals surface area contributed by atoms with Crippen LogP contribution in [0.25, 0.3) is 0 Å². The topological polar surface area (TPSA) is 109 Å². The highest BCUT2D eigenvalue weighted by molar-refractivity contribution is 5.96. The van der Waals surface area contributed by atoms with E-state index < -0.39 is 17.9 Å². The third kappa shape index (κ3) is 5.81. The number of carboxylic acids is 1. The van der Waals surface area contributed by atoms with Gasteiger partial charge in [0.2, 0.25) is 11.8 Å². The predicted octanol–water partition coefficient (Wildman–Crippen LogP) is 1.93. The van der Waals surface area contributed by atoms with Gasteiger partial charge in [0.15, 0.2) is 0 Å². The molecule has 1 heterocycles. The highest BCUT2D eigenvalue weighted by Crippen LogP contribution is 2.19. The summed E-state index contributed by atoms with van der Waals surface area (Å²) in [7, 11) is 0. The Morgan fingerprint density at radius 3 is 2.44 bits per heavy atom. The lowest BCUT2D eigenvalue weighted by Crippen LogP contribution is -2.46. The van der Waals surface area contributed by atoms with Gasteiger partial charge in [0.05, 0.1) is 5.56 Å². The second-order valence-corrected chi connectivity index (χ2v) is 5.80. The molecule has 0 radical (unpaired) electrons. The van der Waals surface area contributed by atoms with Gasteiger partial charge in [0.1, 0.15) is 11.8 Å². The minimum atomic E-state index is -1.14. The molecule has 2 aromatic rings. The van der Waals surface area contributed by atoms with E-state index in [1.165, 1.54) is 37.1 Å². The average Bonchev–Trinajstić information content (AvgIpc) is 2.65. The first-order valence-corrected chi connectivity index (χ1v) is 8.35. The quantitative estimate of drug-likeness (QED) is 0.734. The Kier molecular flexibility index (Phi) is 6.87. The Bertz CT molecular complexity index is 793. The number of nitrogens with one attached hydrogen (secondary N) is 1. The molecule has 0 fully saturated rings. The molecule has 8 nitrogen and oxygen atoms in total. The molecule has 2 rings (SSSR count). The molecule has 0 bridgehead atoms. The Hall–Kier alpha value is -3.42. The number of ether oxygens (including phenoxy) is 1. The lowest BCUT2D eigenvalue weighted by Gasteiger charge is -2.26. The Morgan fingerprint density at radius 2 is 1.89 bits per heavy atom. The molecule has 1 aromatic heterocycles. The van der Waals surface area contributed by atoms with Crippen LogP contribution in [0.15, 0.2) is 48.7 Å². The van der Waals surface area contributed by atoms with Gasteiger partial charge in [-0.2, -0.15) is 0 Å². The summed E-state index contributed by atoms with van der Waals surface area (Å²) in [6.07, 6.45) is 1.33. The molecule has 2 N–H and O–H groups in total. The van der Waals surface area contributed by atoms with Crippen LogP contribution >= 0.6 is 0 Å². The summed E-state index contributed by atoms with van der Waals surface area (Å²) in [6, 6.07) is 11.1. The van der Waals surface area contributed by atoms with Crippen molar-refractivity contribution in [2.75, 3.05) is 13.1 Å². The molecular weight excluding hydrogens is 350 g/mol. The number of aromatic nitrogens is 1. The number of hydrogen-bond acceptors (Lipinski definition) is 5. The second kappa shape index (κ2) is 9.33. The van der Waals surface area contributed by atoms with Gasteiger partial charge in [-0.3, -0.25) is 9.59 Å². The van der Waals surface area contributed by atoms with Crippen molar-refractivity contribution in [2.45, 2.75) is 19.9 Å². The lowest BCUT2D eigenvalue weighted by atomic mass is 10.2. The maximum Gasteiger partial charge on any atom is 0.326 e. The summed E-state index contributed by atoms with van der Waals surface area (Å²) in [5.74, 6) is -0.957. The molecule has 1 atom stereocenters. The van der Waals surface area contributed by atoms with E-state index in [2.05, 4.69) is 10.3 Å². The number of carbonyl (C=O) groups is 3. The van der Waals surface area contributed by atoms with Gasteiger partial charge in [-0.05, 0) is 25.1 Å². The van der Waals surface area contributed by atoms with E-state index in [0.29, 0.717) is 11.6 Å². The summed E-state index contributed by atoms with van der Waals surface area (Å²) in [4.78, 5) is 40.3. The minimum Gasteiger partial charge on any atom is -0.480 e. The zero-order valence-electron chi connectivity index (χ0n) is 15.1. The maximum atomic E-state index is 12.7. The molecule has 0 spiro atoms. The first kappa shape index (κ1) is 19.9. The van der Waals surface area contributed by atoms with Crippen LogP contribution in [-0.4, -0.2) is 51.9 Å². The molecule has 0 aliphatic rings. The van der Waals surface area contributed by atoms with Crippen molar-refractivity contribution in [3.8, 4) is 11.6 Å². The van der Waals surface area contributed by atoms with E-state index in [4.69, 9.17) is 4.74 Å². The number of hydrogen-bond donors (Lipinski definition) is 2. The summed E-state index contributed by atoms with van der Waals surface area (Å²) < 4.78 is 5.57. The van der Waals surface area contributed by atoms with Crippen molar-refractivity contribution in [3.05, 3.63) is 54.2 Å². The molecule has 1 unspecified atom stereocenters. The smallest absolute Gasteiger partial charge is 0.326 e. The number of amides is 2. The van der Waals surface area contributed by atoms with Crippen molar-refractivity contribution in [2.24, 2.45) is 0 Å². The van der Waals surface area contributed by atoms with Crippen LogP contribution < -0.4 is 10.1 Å². The van der Waals surface area contributed by atoms with Crippen LogP contribution in [0.1, 0.15) is 24.2 Å². The van der Waals surface area contributed by atoms with E-state index in [1.807, 2.05) is 18.2 Å². The standard InChI is InChI=1S/C19H21N3O5/c1-13(19(25)26)22(11-10-20-14(2)23)18(24)15-8-9-17(21-12-15)27-16-6-4-3-5-7-16/h3-9,12-13H,10-11H2,1-2H3,(H,20,23)(H,25,26). The van der Waals surface area contributed by atoms with Crippen molar-refractivity contribution >= 4 is 17.8 Å². The molecule has 0 saturated heterocycles. The number of rotatable bonds is 8. The van der Waals surface area contributed by atoms with Crippen LogP contribution in [0, 0.1) is 0 Å². The minimum absolute atomic E-state index is 0.0636. The monoisotopic (exact) mass is 371 g/mol. The molecule has 1 aromatic carbocycles. The van der Waals surface area contributed by atoms with Gasteiger partial charge in [-0.1, -0.05) is 18.2 Å². The van der Waals surface area contributed by atoms with Crippen LogP contribution in [0.4, 0.5) is 0 Å². The van der Waals surface area contributed by atoms with Crippen LogP contribution in [0.5, 0.6) is 11.6 Å². The van der Waals surface area contributed by atoms with Crippen LogP contribution in [-0.2, 0) is 9.59 Å². The van der Waals surface area contributed by atoms with Crippen molar-refractivity contribution < 1.29 is 24.2 Å². The second-order valence-electron chi connectivity index (χ2n) is 5.80. The van der Waals surface area contributed by atoms with Crippen LogP contribution in [0.2, 0.25) is 0 Å². The number of carboxylic acid groups (broad SMARTS) is 1. The molecular formula is C19H21N3O5. The van der Waals surface area contributed by atoms with Gasteiger partial charge >= 0.3 is 5.97 Å². The first-order chi connectivity index (χ1) is 12.9. The zero-order valence-corrected chi connectivity index (χ0v) is 15.1. The fourth-order valence-electron chi connectivity index (χ4n) is 2.30. The number of aliphatic carboxylic acids is 1. The largest absolute Gasteiger partial charge is 0.480 e. The van der Waals surface area contributed by atoms with E-state index >= 15 is 0 Å². The molecule has 27 heavy (non-hydrogen) atoms. The van der Waals surface area contributed by atoms with E-state index in [0.717, 1.165) is 0 Å². The number of benzene rings is 1. The maximum absolute atomic E-state index is 12.7. The van der Waals surface area contributed by atoms with Crippen molar-refractivity contribution in [1.29, 1.82) is 0 Å². The number of carbonyl (C=O) groups excluding carboxylic acids is 2. The number of nitrogens with zero attached hydrogens (tertiary/aromatic N) is 2. The van der Waals surface area contributed by atoms with Gasteiger partial charge in [0.25, 0.3) is 5.91 Å². The summed E-state index contributed by atoms with van der Waals surface area (Å²) in [5.41, 5.74) is 0.228. The molecule has 2 amide bonds. The van der Waals surface area contributed by atoms with Gasteiger partial charge < -0.3 is 20.1 Å². The van der Waals surface area contributed by atoms with Gasteiger partial charge in [-0.15, -0.1) is 0 Å². The Balaban J connectivity index is 2.11. The van der Waals surface area contributed by atoms with E-state index in [9.17, 15) is 19.5 Å². The number of para-hydroxylation sites is 1. The normalized spacial score (nSPS) is 11.3. The lowest BCUT2D eigenvalue weighted by molar-refractivity contribution is -0.141. The Morgan fingerprint density at radius 1 is 1.19 bits per heavy atom. The van der Waals surface area contributed by atoms with Crippen molar-refractivity contribution in [3.63, 3.8) is 0 Å². The third-order valence-corrected chi connectivity index (χ3v) is 3.76. The highest BCUT2D eigenvalue weighted by Gasteiger charge is 2.26. The van der Waals surface area contributed by atoms with E-state index in [1.54, 1.807) is 12.1 Å². The number of pyridine rings is 1. The van der Waals surface area contributed by atoms with Gasteiger partial charge in [-0.25, -0.2) is 9.78 Å².